The van der Waals surface area contributed by atoms with Crippen molar-refractivity contribution < 1.29 is 19.5 Å². The monoisotopic (exact) mass is 376 g/mol. The molecule has 0 aromatic heterocycles. The average Bonchev–Trinajstić information content (AvgIpc) is 3.21. The van der Waals surface area contributed by atoms with Crippen LogP contribution in [-0.4, -0.2) is 22.9 Å². The molecule has 3 fully saturated rings. The summed E-state index contributed by atoms with van der Waals surface area (Å²) in [5, 5.41) is 9.67. The standard InChI is InChI=1S/C21H32N2O4/c1-12(2)17-14-9-10-15(17)19(21(26)27)18(14)20(25)23-22-16(24)11-8-13-6-4-3-5-7-13/h13-15,18-19H,3-11H2,1-2H3,(H,22,24)(H,23,25)(H,26,27)/t14-,15-,18+,19+/m1/s1. The maximum absolute atomic E-state index is 12.7. The van der Waals surface area contributed by atoms with Gasteiger partial charge in [-0.3, -0.25) is 25.2 Å². The third-order valence-corrected chi connectivity index (χ3v) is 6.84. The lowest BCUT2D eigenvalue weighted by Gasteiger charge is -2.26. The van der Waals surface area contributed by atoms with Crippen LogP contribution in [0, 0.1) is 29.6 Å². The van der Waals surface area contributed by atoms with Gasteiger partial charge in [-0.1, -0.05) is 43.3 Å². The minimum atomic E-state index is -0.912. The largest absolute Gasteiger partial charge is 0.481 e. The second-order valence-corrected chi connectivity index (χ2v) is 8.72. The number of hydrogen-bond acceptors (Lipinski definition) is 3. The lowest BCUT2D eigenvalue weighted by atomic mass is 9.79. The van der Waals surface area contributed by atoms with E-state index in [9.17, 15) is 19.5 Å². The van der Waals surface area contributed by atoms with Crippen LogP contribution in [0.25, 0.3) is 0 Å². The molecule has 0 heterocycles. The fraction of sp³-hybridized carbons (Fsp3) is 0.762. The van der Waals surface area contributed by atoms with E-state index in [1.165, 1.54) is 32.1 Å². The van der Waals surface area contributed by atoms with Crippen molar-refractivity contribution in [3.05, 3.63) is 11.1 Å². The first kappa shape index (κ1) is 19.9. The summed E-state index contributed by atoms with van der Waals surface area (Å²) in [7, 11) is 0. The van der Waals surface area contributed by atoms with E-state index in [2.05, 4.69) is 10.9 Å². The quantitative estimate of drug-likeness (QED) is 0.507. The molecule has 0 saturated heterocycles. The zero-order chi connectivity index (χ0) is 19.6. The third kappa shape index (κ3) is 4.19. The van der Waals surface area contributed by atoms with Crippen molar-refractivity contribution >= 4 is 17.8 Å². The molecular weight excluding hydrogens is 344 g/mol. The molecule has 3 rings (SSSR count). The zero-order valence-electron chi connectivity index (χ0n) is 16.4. The van der Waals surface area contributed by atoms with E-state index in [1.807, 2.05) is 13.8 Å². The van der Waals surface area contributed by atoms with Crippen LogP contribution in [0.1, 0.15) is 71.6 Å². The van der Waals surface area contributed by atoms with Crippen molar-refractivity contribution in [3.63, 3.8) is 0 Å². The van der Waals surface area contributed by atoms with Crippen molar-refractivity contribution in [1.29, 1.82) is 0 Å². The highest BCUT2D eigenvalue weighted by molar-refractivity contribution is 5.89. The van der Waals surface area contributed by atoms with Crippen molar-refractivity contribution in [2.45, 2.75) is 71.6 Å². The number of hydrogen-bond donors (Lipinski definition) is 3. The summed E-state index contributed by atoms with van der Waals surface area (Å²) in [6.45, 7) is 3.99. The first-order valence-electron chi connectivity index (χ1n) is 10.4. The van der Waals surface area contributed by atoms with Crippen molar-refractivity contribution in [1.82, 2.24) is 10.9 Å². The molecule has 3 saturated carbocycles. The van der Waals surface area contributed by atoms with E-state index in [-0.39, 0.29) is 23.7 Å². The second-order valence-electron chi connectivity index (χ2n) is 8.72. The summed E-state index contributed by atoms with van der Waals surface area (Å²) in [5.74, 6) is -2.19. The van der Waals surface area contributed by atoms with E-state index in [0.29, 0.717) is 12.3 Å². The maximum atomic E-state index is 12.7. The third-order valence-electron chi connectivity index (χ3n) is 6.84. The number of nitrogens with one attached hydrogen (secondary N) is 2. The topological polar surface area (TPSA) is 95.5 Å². The van der Waals surface area contributed by atoms with Gasteiger partial charge >= 0.3 is 5.97 Å². The molecule has 4 atom stereocenters. The smallest absolute Gasteiger partial charge is 0.307 e. The molecule has 2 bridgehead atoms. The Balaban J connectivity index is 1.54. The number of hydrazine groups is 1. The predicted octanol–water partition coefficient (Wildman–Crippen LogP) is 3.19. The fourth-order valence-electron chi connectivity index (χ4n) is 5.69. The van der Waals surface area contributed by atoms with Gasteiger partial charge in [0.2, 0.25) is 11.8 Å². The fourth-order valence-corrected chi connectivity index (χ4v) is 5.69. The average molecular weight is 376 g/mol. The van der Waals surface area contributed by atoms with E-state index < -0.39 is 17.8 Å². The number of allylic oxidation sites excluding steroid dienone is 2. The van der Waals surface area contributed by atoms with Gasteiger partial charge in [-0.2, -0.15) is 0 Å². The zero-order valence-corrected chi connectivity index (χ0v) is 16.4. The second kappa shape index (κ2) is 8.44. The summed E-state index contributed by atoms with van der Waals surface area (Å²) in [6, 6.07) is 0. The lowest BCUT2D eigenvalue weighted by molar-refractivity contribution is -0.149. The Labute approximate surface area is 161 Å². The molecule has 2 amide bonds. The van der Waals surface area contributed by atoms with Gasteiger partial charge in [-0.15, -0.1) is 0 Å². The van der Waals surface area contributed by atoms with Crippen LogP contribution < -0.4 is 10.9 Å². The van der Waals surface area contributed by atoms with Gasteiger partial charge < -0.3 is 5.11 Å². The van der Waals surface area contributed by atoms with Crippen LogP contribution in [0.2, 0.25) is 0 Å². The number of carboxylic acids is 1. The van der Waals surface area contributed by atoms with Crippen molar-refractivity contribution in [3.8, 4) is 0 Å². The number of amides is 2. The Bertz CT molecular complexity index is 632. The minimum Gasteiger partial charge on any atom is -0.481 e. The molecule has 3 N–H and O–H groups in total. The molecular formula is C21H32N2O4. The Morgan fingerprint density at radius 2 is 1.56 bits per heavy atom. The number of carbonyl (C=O) groups is 3. The SMILES string of the molecule is CC(C)=C1[C@H]2CC[C@H]1[C@H](C(=O)NNC(=O)CCC1CCCCC1)[C@H]2C(=O)O. The van der Waals surface area contributed by atoms with Gasteiger partial charge in [-0.25, -0.2) is 0 Å². The first-order chi connectivity index (χ1) is 12.9. The van der Waals surface area contributed by atoms with Crippen LogP contribution in [0.5, 0.6) is 0 Å². The summed E-state index contributed by atoms with van der Waals surface area (Å²) >= 11 is 0. The van der Waals surface area contributed by atoms with Crippen molar-refractivity contribution in [2.75, 3.05) is 0 Å². The van der Waals surface area contributed by atoms with Gasteiger partial charge in [0.05, 0.1) is 11.8 Å². The van der Waals surface area contributed by atoms with Crippen LogP contribution in [0.15, 0.2) is 11.1 Å². The maximum Gasteiger partial charge on any atom is 0.307 e. The Morgan fingerprint density at radius 1 is 0.926 bits per heavy atom. The highest BCUT2D eigenvalue weighted by Crippen LogP contribution is 2.57. The summed E-state index contributed by atoms with van der Waals surface area (Å²) in [4.78, 5) is 36.6. The van der Waals surface area contributed by atoms with Gasteiger partial charge in [0.15, 0.2) is 0 Å². The normalized spacial score (nSPS) is 30.2. The van der Waals surface area contributed by atoms with E-state index >= 15 is 0 Å². The molecule has 6 nitrogen and oxygen atoms in total. The molecule has 0 spiro atoms. The molecule has 0 unspecified atom stereocenters. The Morgan fingerprint density at radius 3 is 2.15 bits per heavy atom. The predicted molar refractivity (Wildman–Crippen MR) is 101 cm³/mol. The van der Waals surface area contributed by atoms with Crippen LogP contribution in [0.3, 0.4) is 0 Å². The van der Waals surface area contributed by atoms with Crippen LogP contribution in [-0.2, 0) is 14.4 Å². The van der Waals surface area contributed by atoms with Gasteiger partial charge in [-0.05, 0) is 50.9 Å². The van der Waals surface area contributed by atoms with Gasteiger partial charge in [0.25, 0.3) is 0 Å². The van der Waals surface area contributed by atoms with E-state index in [4.69, 9.17) is 0 Å². The Hall–Kier alpha value is -1.85. The van der Waals surface area contributed by atoms with Crippen LogP contribution >= 0.6 is 0 Å². The van der Waals surface area contributed by atoms with Gasteiger partial charge in [0.1, 0.15) is 0 Å². The minimum absolute atomic E-state index is 0.0137. The molecule has 0 aliphatic heterocycles. The highest BCUT2D eigenvalue weighted by Gasteiger charge is 2.57. The molecule has 0 aromatic rings. The summed E-state index contributed by atoms with van der Waals surface area (Å²) in [6.07, 6.45) is 9.11. The first-order valence-corrected chi connectivity index (χ1v) is 10.4. The number of rotatable bonds is 5. The molecule has 6 heteroatoms. The number of aliphatic carboxylic acids is 1. The molecule has 0 radical (unpaired) electrons. The number of carboxylic acid groups (broad SMARTS) is 1. The number of carbonyl (C=O) groups excluding carboxylic acids is 2. The van der Waals surface area contributed by atoms with Crippen molar-refractivity contribution in [2.24, 2.45) is 29.6 Å². The van der Waals surface area contributed by atoms with E-state index in [0.717, 1.165) is 30.4 Å². The van der Waals surface area contributed by atoms with E-state index in [1.54, 1.807) is 0 Å². The molecule has 3 aliphatic rings. The number of fused-ring (bicyclic) bond motifs is 2. The molecule has 27 heavy (non-hydrogen) atoms. The Kier molecular flexibility index (Phi) is 6.22. The molecule has 3 aliphatic carbocycles. The van der Waals surface area contributed by atoms with Gasteiger partial charge in [0, 0.05) is 6.42 Å². The molecule has 150 valence electrons. The highest BCUT2D eigenvalue weighted by atomic mass is 16.4. The van der Waals surface area contributed by atoms with Crippen LogP contribution in [0.4, 0.5) is 0 Å². The summed E-state index contributed by atoms with van der Waals surface area (Å²) in [5.41, 5.74) is 7.30. The lowest BCUT2D eigenvalue weighted by Crippen LogP contribution is -2.48. The molecule has 0 aromatic carbocycles. The summed E-state index contributed by atoms with van der Waals surface area (Å²) < 4.78 is 0.